The van der Waals surface area contributed by atoms with Crippen LogP contribution in [-0.4, -0.2) is 37.2 Å². The van der Waals surface area contributed by atoms with Gasteiger partial charge in [-0.15, -0.1) is 0 Å². The minimum absolute atomic E-state index is 0.0479. The molecule has 0 radical (unpaired) electrons. The molecule has 0 heterocycles. The van der Waals surface area contributed by atoms with E-state index in [1.54, 1.807) is 6.92 Å². The lowest BCUT2D eigenvalue weighted by molar-refractivity contribution is -0.197. The first kappa shape index (κ1) is 26.5. The Morgan fingerprint density at radius 3 is 2.29 bits per heavy atom. The molecule has 0 aromatic rings. The van der Waals surface area contributed by atoms with Crippen LogP contribution in [0.15, 0.2) is 0 Å². The Morgan fingerprint density at radius 1 is 0.914 bits per heavy atom. The Kier molecular flexibility index (Phi) is 7.60. The van der Waals surface area contributed by atoms with Gasteiger partial charge in [-0.3, -0.25) is 14.4 Å². The van der Waals surface area contributed by atoms with Gasteiger partial charge in [-0.1, -0.05) is 20.8 Å². The molecule has 0 aromatic heterocycles. The fourth-order valence-electron chi connectivity index (χ4n) is 9.48. The summed E-state index contributed by atoms with van der Waals surface area (Å²) in [5, 5.41) is 0. The molecular formula is C29H46O6. The number of fused-ring (bicyclic) bond motifs is 5. The van der Waals surface area contributed by atoms with Crippen molar-refractivity contribution in [3.63, 3.8) is 0 Å². The SMILES string of the molecule is COC(=O)CC[C@H](C)[C@@H]1CC[C@@H]2[C@@H]3CC[C@@H]4C[C@H](OC(C)=O)CC[C@]4(C)[C@@H]3C[C@@H](OC(C)=O)[C@]21C. The highest BCUT2D eigenvalue weighted by atomic mass is 16.5. The summed E-state index contributed by atoms with van der Waals surface area (Å²) < 4.78 is 16.7. The Morgan fingerprint density at radius 2 is 1.63 bits per heavy atom. The van der Waals surface area contributed by atoms with Gasteiger partial charge in [0.05, 0.1) is 7.11 Å². The summed E-state index contributed by atoms with van der Waals surface area (Å²) in [5.74, 6) is 2.60. The number of rotatable bonds is 6. The number of methoxy groups -OCH3 is 1. The Labute approximate surface area is 211 Å². The predicted octanol–water partition coefficient (Wildman–Crippen LogP) is 5.71. The molecule has 0 unspecified atom stereocenters. The molecule has 0 amide bonds. The van der Waals surface area contributed by atoms with Gasteiger partial charge in [-0.25, -0.2) is 0 Å². The molecule has 198 valence electrons. The molecule has 4 fully saturated rings. The molecule has 0 aliphatic heterocycles. The van der Waals surface area contributed by atoms with Gasteiger partial charge in [-0.05, 0) is 98.7 Å². The van der Waals surface area contributed by atoms with Crippen LogP contribution < -0.4 is 0 Å². The molecule has 6 nitrogen and oxygen atoms in total. The molecular weight excluding hydrogens is 444 g/mol. The summed E-state index contributed by atoms with van der Waals surface area (Å²) in [6, 6.07) is 0. The maximum Gasteiger partial charge on any atom is 0.305 e. The number of carbonyl (C=O) groups excluding carboxylic acids is 3. The highest BCUT2D eigenvalue weighted by Gasteiger charge is 2.65. The van der Waals surface area contributed by atoms with Crippen LogP contribution in [0.2, 0.25) is 0 Å². The van der Waals surface area contributed by atoms with Crippen LogP contribution in [0.3, 0.4) is 0 Å². The summed E-state index contributed by atoms with van der Waals surface area (Å²) in [6.45, 7) is 10.2. The highest BCUT2D eigenvalue weighted by molar-refractivity contribution is 5.69. The van der Waals surface area contributed by atoms with Crippen molar-refractivity contribution in [1.29, 1.82) is 0 Å². The average Bonchev–Trinajstić information content (AvgIpc) is 3.16. The third kappa shape index (κ3) is 4.75. The first-order valence-corrected chi connectivity index (χ1v) is 13.9. The fourth-order valence-corrected chi connectivity index (χ4v) is 9.48. The third-order valence-electron chi connectivity index (χ3n) is 11.1. The van der Waals surface area contributed by atoms with Gasteiger partial charge < -0.3 is 14.2 Å². The van der Waals surface area contributed by atoms with Gasteiger partial charge in [-0.2, -0.15) is 0 Å². The van der Waals surface area contributed by atoms with Crippen LogP contribution in [0, 0.1) is 46.3 Å². The van der Waals surface area contributed by atoms with E-state index in [0.29, 0.717) is 41.9 Å². The predicted molar refractivity (Wildman–Crippen MR) is 132 cm³/mol. The molecule has 0 bridgehead atoms. The monoisotopic (exact) mass is 490 g/mol. The second kappa shape index (κ2) is 10.0. The van der Waals surface area contributed by atoms with E-state index in [1.807, 2.05) is 0 Å². The van der Waals surface area contributed by atoms with E-state index < -0.39 is 0 Å². The van der Waals surface area contributed by atoms with Crippen molar-refractivity contribution >= 4 is 17.9 Å². The van der Waals surface area contributed by atoms with Gasteiger partial charge in [0.25, 0.3) is 0 Å². The van der Waals surface area contributed by atoms with E-state index in [4.69, 9.17) is 14.2 Å². The Balaban J connectivity index is 1.58. The molecule has 10 atom stereocenters. The van der Waals surface area contributed by atoms with E-state index in [9.17, 15) is 14.4 Å². The van der Waals surface area contributed by atoms with Crippen LogP contribution in [0.4, 0.5) is 0 Å². The lowest BCUT2D eigenvalue weighted by Crippen LogP contribution is -2.59. The van der Waals surface area contributed by atoms with Crippen molar-refractivity contribution in [3.8, 4) is 0 Å². The van der Waals surface area contributed by atoms with E-state index in [2.05, 4.69) is 20.8 Å². The van der Waals surface area contributed by atoms with Crippen LogP contribution in [0.1, 0.15) is 98.8 Å². The maximum absolute atomic E-state index is 12.3. The molecule has 35 heavy (non-hydrogen) atoms. The molecule has 4 aliphatic carbocycles. The van der Waals surface area contributed by atoms with Gasteiger partial charge >= 0.3 is 17.9 Å². The quantitative estimate of drug-likeness (QED) is 0.351. The van der Waals surface area contributed by atoms with Gasteiger partial charge in [0.1, 0.15) is 12.2 Å². The highest BCUT2D eigenvalue weighted by Crippen LogP contribution is 2.69. The summed E-state index contributed by atoms with van der Waals surface area (Å²) >= 11 is 0. The van der Waals surface area contributed by atoms with E-state index in [1.165, 1.54) is 33.3 Å². The van der Waals surface area contributed by atoms with Gasteiger partial charge in [0.2, 0.25) is 0 Å². The first-order valence-electron chi connectivity index (χ1n) is 13.9. The number of ether oxygens (including phenoxy) is 3. The van der Waals surface area contributed by atoms with Gasteiger partial charge in [0.15, 0.2) is 0 Å². The molecule has 4 saturated carbocycles. The third-order valence-corrected chi connectivity index (χ3v) is 11.1. The zero-order valence-corrected chi connectivity index (χ0v) is 22.6. The van der Waals surface area contributed by atoms with Crippen molar-refractivity contribution in [1.82, 2.24) is 0 Å². The van der Waals surface area contributed by atoms with Crippen molar-refractivity contribution in [2.75, 3.05) is 7.11 Å². The number of esters is 3. The minimum Gasteiger partial charge on any atom is -0.469 e. The molecule has 6 heteroatoms. The molecule has 0 aromatic carbocycles. The molecule has 0 N–H and O–H groups in total. The maximum atomic E-state index is 12.3. The first-order chi connectivity index (χ1) is 16.5. The van der Waals surface area contributed by atoms with Crippen LogP contribution in [0.25, 0.3) is 0 Å². The van der Waals surface area contributed by atoms with Crippen LogP contribution >= 0.6 is 0 Å². The standard InChI is InChI=1S/C29H46O6/c1-17(7-12-27(32)33-6)23-10-11-24-22-9-8-20-15-21(34-18(2)30)13-14-28(20,4)25(22)16-26(29(23,24)5)35-19(3)31/h17,20-26H,7-16H2,1-6H3/t17-,20+,21+,22-,23-,24+,25+,26+,28-,29-/m0/s1. The fraction of sp³-hybridized carbons (Fsp3) is 0.897. The molecule has 0 spiro atoms. The van der Waals surface area contributed by atoms with E-state index in [0.717, 1.165) is 38.5 Å². The second-order valence-electron chi connectivity index (χ2n) is 12.6. The topological polar surface area (TPSA) is 78.9 Å². The second-order valence-corrected chi connectivity index (χ2v) is 12.6. The lowest BCUT2D eigenvalue weighted by atomic mass is 9.43. The van der Waals surface area contributed by atoms with Gasteiger partial charge in [0, 0.05) is 25.7 Å². The zero-order chi connectivity index (χ0) is 25.5. The van der Waals surface area contributed by atoms with Crippen LogP contribution in [-0.2, 0) is 28.6 Å². The van der Waals surface area contributed by atoms with Crippen molar-refractivity contribution < 1.29 is 28.6 Å². The molecule has 4 aliphatic rings. The summed E-state index contributed by atoms with van der Waals surface area (Å²) in [6.07, 6.45) is 9.87. The van der Waals surface area contributed by atoms with Crippen molar-refractivity contribution in [3.05, 3.63) is 0 Å². The number of hydrogen-bond acceptors (Lipinski definition) is 6. The van der Waals surface area contributed by atoms with Crippen molar-refractivity contribution in [2.45, 2.75) is 111 Å². The molecule has 0 saturated heterocycles. The number of hydrogen-bond donors (Lipinski definition) is 0. The summed E-state index contributed by atoms with van der Waals surface area (Å²) in [4.78, 5) is 35.7. The van der Waals surface area contributed by atoms with E-state index >= 15 is 0 Å². The summed E-state index contributed by atoms with van der Waals surface area (Å²) in [5.41, 5.74) is 0.147. The Bertz CT molecular complexity index is 824. The van der Waals surface area contributed by atoms with Crippen LogP contribution in [0.5, 0.6) is 0 Å². The normalized spacial score (nSPS) is 43.2. The Hall–Kier alpha value is -1.59. The summed E-state index contributed by atoms with van der Waals surface area (Å²) in [7, 11) is 1.45. The molecule has 4 rings (SSSR count). The lowest BCUT2D eigenvalue weighted by Gasteiger charge is -2.62. The average molecular weight is 491 g/mol. The van der Waals surface area contributed by atoms with E-state index in [-0.39, 0.29) is 40.9 Å². The largest absolute Gasteiger partial charge is 0.469 e. The van der Waals surface area contributed by atoms with Crippen molar-refractivity contribution in [2.24, 2.45) is 46.3 Å². The minimum atomic E-state index is -0.183. The zero-order valence-electron chi connectivity index (χ0n) is 22.6. The smallest absolute Gasteiger partial charge is 0.305 e. The number of carbonyl (C=O) groups is 3.